The summed E-state index contributed by atoms with van der Waals surface area (Å²) in [5.41, 5.74) is 4.55. The van der Waals surface area contributed by atoms with Gasteiger partial charge in [-0.05, 0) is 56.1 Å². The maximum Gasteiger partial charge on any atom is 0.307 e. The Morgan fingerprint density at radius 2 is 1.85 bits per heavy atom. The molecule has 2 fully saturated rings. The third-order valence-electron chi connectivity index (χ3n) is 7.35. The summed E-state index contributed by atoms with van der Waals surface area (Å²) in [6.07, 6.45) is 12.2. The van der Waals surface area contributed by atoms with Gasteiger partial charge in [-0.15, -0.1) is 0 Å². The van der Waals surface area contributed by atoms with Crippen molar-refractivity contribution >= 4 is 11.7 Å². The van der Waals surface area contributed by atoms with E-state index in [1.54, 1.807) is 6.20 Å². The molecule has 2 aliphatic rings. The van der Waals surface area contributed by atoms with Crippen molar-refractivity contribution in [3.8, 4) is 17.0 Å². The van der Waals surface area contributed by atoms with Crippen LogP contribution in [0.15, 0.2) is 24.5 Å². The smallest absolute Gasteiger partial charge is 0.307 e. The Balaban J connectivity index is 1.60. The van der Waals surface area contributed by atoms with Crippen LogP contribution >= 0.6 is 0 Å². The van der Waals surface area contributed by atoms with Gasteiger partial charge in [-0.3, -0.25) is 14.8 Å². The van der Waals surface area contributed by atoms with Gasteiger partial charge >= 0.3 is 5.97 Å². The minimum absolute atomic E-state index is 0.0372. The molecule has 33 heavy (non-hydrogen) atoms. The quantitative estimate of drug-likeness (QED) is 0.585. The van der Waals surface area contributed by atoms with E-state index in [9.17, 15) is 9.90 Å². The molecule has 0 radical (unpaired) electrons. The van der Waals surface area contributed by atoms with Crippen molar-refractivity contribution < 1.29 is 14.6 Å². The fourth-order valence-corrected chi connectivity index (χ4v) is 5.07. The van der Waals surface area contributed by atoms with E-state index in [0.717, 1.165) is 66.5 Å². The predicted octanol–water partition coefficient (Wildman–Crippen LogP) is 5.66. The summed E-state index contributed by atoms with van der Waals surface area (Å²) in [5.74, 6) is 0.597. The Morgan fingerprint density at radius 1 is 1.12 bits per heavy atom. The van der Waals surface area contributed by atoms with Crippen LogP contribution in [0, 0.1) is 18.3 Å². The standard InChI is InChI=1S/C27H37N3O3/c1-19-22(15-25(31)32)26(30-13-11-27(2,3)12-14-30)23(17-28-19)24-10-9-21(16-29-24)33-18-20-7-5-4-6-8-20/h9-10,16-17,20H,4-8,11-15,18H2,1-3H3,(H,31,32). The van der Waals surface area contributed by atoms with Gasteiger partial charge in [0.15, 0.2) is 0 Å². The number of carboxylic acids is 1. The number of ether oxygens (including phenoxy) is 1. The second kappa shape index (κ2) is 10.1. The molecule has 0 aromatic carbocycles. The van der Waals surface area contributed by atoms with E-state index in [1.807, 2.05) is 25.3 Å². The van der Waals surface area contributed by atoms with Crippen molar-refractivity contribution in [2.75, 3.05) is 24.6 Å². The van der Waals surface area contributed by atoms with Crippen molar-refractivity contribution in [3.05, 3.63) is 35.8 Å². The third kappa shape index (κ3) is 5.84. The highest BCUT2D eigenvalue weighted by atomic mass is 16.5. The minimum Gasteiger partial charge on any atom is -0.492 e. The summed E-state index contributed by atoms with van der Waals surface area (Å²) in [5, 5.41) is 9.58. The van der Waals surface area contributed by atoms with Crippen LogP contribution in [0.1, 0.15) is 70.1 Å². The zero-order valence-corrected chi connectivity index (χ0v) is 20.3. The number of carboxylic acid groups (broad SMARTS) is 1. The molecular formula is C27H37N3O3. The number of carbonyl (C=O) groups is 1. The number of rotatable bonds is 7. The summed E-state index contributed by atoms with van der Waals surface area (Å²) in [4.78, 5) is 23.3. The van der Waals surface area contributed by atoms with Gasteiger partial charge < -0.3 is 14.7 Å². The Kier molecular flexibility index (Phi) is 7.20. The van der Waals surface area contributed by atoms with Crippen LogP contribution in [0.3, 0.4) is 0 Å². The molecule has 0 unspecified atom stereocenters. The first-order chi connectivity index (χ1) is 15.8. The zero-order chi connectivity index (χ0) is 23.4. The highest BCUT2D eigenvalue weighted by Crippen LogP contribution is 2.39. The van der Waals surface area contributed by atoms with Crippen molar-refractivity contribution in [2.45, 2.75) is 72.1 Å². The molecule has 0 bridgehead atoms. The van der Waals surface area contributed by atoms with Gasteiger partial charge in [0.25, 0.3) is 0 Å². The van der Waals surface area contributed by atoms with Crippen molar-refractivity contribution in [1.29, 1.82) is 0 Å². The topological polar surface area (TPSA) is 75.6 Å². The average molecular weight is 452 g/mol. The molecule has 0 atom stereocenters. The van der Waals surface area contributed by atoms with Gasteiger partial charge in [-0.2, -0.15) is 0 Å². The first-order valence-electron chi connectivity index (χ1n) is 12.4. The number of pyridine rings is 2. The van der Waals surface area contributed by atoms with Crippen LogP contribution in [0.25, 0.3) is 11.3 Å². The summed E-state index contributed by atoms with van der Waals surface area (Å²) in [6.45, 7) is 9.06. The molecule has 4 rings (SSSR count). The molecule has 178 valence electrons. The maximum atomic E-state index is 11.7. The molecular weight excluding hydrogens is 414 g/mol. The number of aliphatic carboxylic acids is 1. The van der Waals surface area contributed by atoms with Crippen LogP contribution in [0.4, 0.5) is 5.69 Å². The van der Waals surface area contributed by atoms with Gasteiger partial charge in [-0.1, -0.05) is 33.1 Å². The number of hydrogen-bond donors (Lipinski definition) is 1. The second-order valence-corrected chi connectivity index (χ2v) is 10.5. The maximum absolute atomic E-state index is 11.7. The van der Waals surface area contributed by atoms with Crippen molar-refractivity contribution in [3.63, 3.8) is 0 Å². The Morgan fingerprint density at radius 3 is 2.48 bits per heavy atom. The normalized spacial score (nSPS) is 18.8. The third-order valence-corrected chi connectivity index (χ3v) is 7.35. The van der Waals surface area contributed by atoms with Crippen LogP contribution in [0.5, 0.6) is 5.75 Å². The van der Waals surface area contributed by atoms with Crippen LogP contribution < -0.4 is 9.64 Å². The number of nitrogens with zero attached hydrogens (tertiary/aromatic N) is 3. The Bertz CT molecular complexity index is 955. The molecule has 2 aromatic rings. The lowest BCUT2D eigenvalue weighted by Crippen LogP contribution is -2.38. The van der Waals surface area contributed by atoms with Crippen molar-refractivity contribution in [1.82, 2.24) is 9.97 Å². The number of aromatic nitrogens is 2. The molecule has 3 heterocycles. The monoisotopic (exact) mass is 451 g/mol. The zero-order valence-electron chi connectivity index (χ0n) is 20.3. The van der Waals surface area contributed by atoms with E-state index in [0.29, 0.717) is 11.3 Å². The number of hydrogen-bond acceptors (Lipinski definition) is 5. The number of piperidine rings is 1. The van der Waals surface area contributed by atoms with Gasteiger partial charge in [0.2, 0.25) is 0 Å². The highest BCUT2D eigenvalue weighted by Gasteiger charge is 2.29. The SMILES string of the molecule is Cc1ncc(-c2ccc(OCC3CCCCC3)cn2)c(N2CCC(C)(C)CC2)c1CC(=O)O. The molecule has 0 spiro atoms. The van der Waals surface area contributed by atoms with Crippen molar-refractivity contribution in [2.24, 2.45) is 11.3 Å². The van der Waals surface area contributed by atoms with E-state index in [-0.39, 0.29) is 6.42 Å². The average Bonchev–Trinajstić information content (AvgIpc) is 2.80. The summed E-state index contributed by atoms with van der Waals surface area (Å²) in [6, 6.07) is 3.95. The molecule has 6 heteroatoms. The molecule has 1 aliphatic heterocycles. The Labute approximate surface area is 197 Å². The lowest BCUT2D eigenvalue weighted by atomic mass is 9.82. The summed E-state index contributed by atoms with van der Waals surface area (Å²) >= 11 is 0. The van der Waals surface area contributed by atoms with E-state index in [4.69, 9.17) is 9.72 Å². The first kappa shape index (κ1) is 23.5. The lowest BCUT2D eigenvalue weighted by molar-refractivity contribution is -0.136. The second-order valence-electron chi connectivity index (χ2n) is 10.5. The van der Waals surface area contributed by atoms with Crippen LogP contribution in [-0.4, -0.2) is 40.7 Å². The van der Waals surface area contributed by atoms with Gasteiger partial charge in [-0.25, -0.2) is 0 Å². The van der Waals surface area contributed by atoms with Crippen LogP contribution in [-0.2, 0) is 11.2 Å². The molecule has 0 amide bonds. The van der Waals surface area contributed by atoms with E-state index in [2.05, 4.69) is 23.7 Å². The lowest BCUT2D eigenvalue weighted by Gasteiger charge is -2.40. The largest absolute Gasteiger partial charge is 0.492 e. The van der Waals surface area contributed by atoms with Gasteiger partial charge in [0.1, 0.15) is 5.75 Å². The fraction of sp³-hybridized carbons (Fsp3) is 0.593. The highest BCUT2D eigenvalue weighted by molar-refractivity contribution is 5.83. The molecule has 1 saturated carbocycles. The molecule has 1 aliphatic carbocycles. The van der Waals surface area contributed by atoms with Crippen LogP contribution in [0.2, 0.25) is 0 Å². The molecule has 6 nitrogen and oxygen atoms in total. The predicted molar refractivity (Wildman–Crippen MR) is 131 cm³/mol. The first-order valence-corrected chi connectivity index (χ1v) is 12.4. The van der Waals surface area contributed by atoms with Gasteiger partial charge in [0, 0.05) is 36.1 Å². The fourth-order valence-electron chi connectivity index (χ4n) is 5.07. The molecule has 2 aromatic heterocycles. The molecule has 1 N–H and O–H groups in total. The summed E-state index contributed by atoms with van der Waals surface area (Å²) in [7, 11) is 0. The number of anilines is 1. The molecule has 1 saturated heterocycles. The van der Waals surface area contributed by atoms with Gasteiger partial charge in [0.05, 0.1) is 30.6 Å². The summed E-state index contributed by atoms with van der Waals surface area (Å²) < 4.78 is 6.04. The Hall–Kier alpha value is -2.63. The van der Waals surface area contributed by atoms with E-state index >= 15 is 0 Å². The number of aryl methyl sites for hydroxylation is 1. The minimum atomic E-state index is -0.838. The van der Waals surface area contributed by atoms with E-state index < -0.39 is 5.97 Å². The van der Waals surface area contributed by atoms with E-state index in [1.165, 1.54) is 32.1 Å².